The predicted molar refractivity (Wildman–Crippen MR) is 81.7 cm³/mol. The molecule has 7 nitrogen and oxygen atoms in total. The van der Waals surface area contributed by atoms with E-state index >= 15 is 0 Å². The molecule has 3 rings (SSSR count). The molecule has 0 aromatic heterocycles. The number of aliphatic carboxylic acids is 1. The Balaban J connectivity index is 1.77. The third-order valence-corrected chi connectivity index (χ3v) is 6.92. The van der Waals surface area contributed by atoms with Gasteiger partial charge in [-0.3, -0.25) is 14.5 Å². The number of rotatable bonds is 5. The van der Waals surface area contributed by atoms with Crippen LogP contribution in [0.2, 0.25) is 0 Å². The number of likely N-dealkylation sites (tertiary alicyclic amines) is 1. The highest BCUT2D eigenvalue weighted by molar-refractivity contribution is 8.23. The first-order valence-corrected chi connectivity index (χ1v) is 8.71. The Kier molecular flexibility index (Phi) is 4.13. The van der Waals surface area contributed by atoms with Crippen molar-refractivity contribution < 1.29 is 24.6 Å². The van der Waals surface area contributed by atoms with E-state index in [1.807, 2.05) is 0 Å². The van der Waals surface area contributed by atoms with Gasteiger partial charge in [0.15, 0.2) is 5.70 Å². The quantitative estimate of drug-likeness (QED) is 0.540. The maximum atomic E-state index is 12.1. The average molecular weight is 344 g/mol. The van der Waals surface area contributed by atoms with Crippen LogP contribution in [0, 0.1) is 5.92 Å². The lowest BCUT2D eigenvalue weighted by Gasteiger charge is -2.43. The van der Waals surface area contributed by atoms with Gasteiger partial charge in [-0.15, -0.1) is 11.8 Å². The Morgan fingerprint density at radius 1 is 1.55 bits per heavy atom. The SMILES string of the molecule is CC(O)C1C(=O)N2C(C(=O)O)=C(SC3CCN(C=O)C3)S[C@H]12. The van der Waals surface area contributed by atoms with Gasteiger partial charge in [0, 0.05) is 18.3 Å². The maximum Gasteiger partial charge on any atom is 0.354 e. The topological polar surface area (TPSA) is 98.2 Å². The van der Waals surface area contributed by atoms with E-state index in [0.29, 0.717) is 17.3 Å². The Morgan fingerprint density at radius 3 is 2.82 bits per heavy atom. The van der Waals surface area contributed by atoms with E-state index in [1.165, 1.54) is 28.4 Å². The minimum atomic E-state index is -1.12. The van der Waals surface area contributed by atoms with E-state index in [-0.39, 0.29) is 22.2 Å². The van der Waals surface area contributed by atoms with E-state index in [2.05, 4.69) is 0 Å². The molecule has 0 saturated carbocycles. The number of aliphatic hydroxyl groups is 1. The Bertz CT molecular complexity index is 565. The monoisotopic (exact) mass is 344 g/mol. The molecule has 4 atom stereocenters. The van der Waals surface area contributed by atoms with Gasteiger partial charge in [-0.1, -0.05) is 11.8 Å². The molecule has 2 N–H and O–H groups in total. The second-order valence-electron chi connectivity index (χ2n) is 5.55. The van der Waals surface area contributed by atoms with Crippen LogP contribution in [-0.2, 0) is 14.4 Å². The number of carboxylic acid groups (broad SMARTS) is 1. The lowest BCUT2D eigenvalue weighted by Crippen LogP contribution is -2.60. The molecule has 3 heterocycles. The van der Waals surface area contributed by atoms with E-state index in [0.717, 1.165) is 12.8 Å². The van der Waals surface area contributed by atoms with Crippen LogP contribution in [-0.4, -0.2) is 68.1 Å². The number of carbonyl (C=O) groups excluding carboxylic acids is 2. The summed E-state index contributed by atoms with van der Waals surface area (Å²) in [5.74, 6) is -2.01. The van der Waals surface area contributed by atoms with Gasteiger partial charge in [0.05, 0.1) is 16.3 Å². The van der Waals surface area contributed by atoms with Gasteiger partial charge in [-0.2, -0.15) is 0 Å². The summed E-state index contributed by atoms with van der Waals surface area (Å²) in [6.07, 6.45) is 0.811. The minimum Gasteiger partial charge on any atom is -0.477 e. The van der Waals surface area contributed by atoms with Crippen LogP contribution >= 0.6 is 23.5 Å². The fraction of sp³-hybridized carbons (Fsp3) is 0.615. The van der Waals surface area contributed by atoms with Gasteiger partial charge < -0.3 is 15.1 Å². The number of hydrogen-bond acceptors (Lipinski definition) is 6. The first-order valence-electron chi connectivity index (χ1n) is 6.95. The van der Waals surface area contributed by atoms with Gasteiger partial charge in [0.2, 0.25) is 12.3 Å². The minimum absolute atomic E-state index is 0.0199. The number of amides is 2. The van der Waals surface area contributed by atoms with Gasteiger partial charge >= 0.3 is 5.97 Å². The first-order chi connectivity index (χ1) is 10.4. The normalized spacial score (nSPS) is 32.1. The molecule has 22 heavy (non-hydrogen) atoms. The Morgan fingerprint density at radius 2 is 2.27 bits per heavy atom. The Labute approximate surface area is 135 Å². The van der Waals surface area contributed by atoms with Crippen molar-refractivity contribution in [1.82, 2.24) is 9.80 Å². The lowest BCUT2D eigenvalue weighted by atomic mass is 9.92. The number of carboxylic acids is 1. The number of hydrogen-bond donors (Lipinski definition) is 2. The van der Waals surface area contributed by atoms with Crippen LogP contribution in [0.4, 0.5) is 0 Å². The molecular weight excluding hydrogens is 328 g/mol. The molecule has 3 aliphatic heterocycles. The third kappa shape index (κ3) is 2.40. The van der Waals surface area contributed by atoms with Crippen molar-refractivity contribution >= 4 is 41.8 Å². The van der Waals surface area contributed by atoms with Gasteiger partial charge in [0.25, 0.3) is 0 Å². The fourth-order valence-corrected chi connectivity index (χ4v) is 6.27. The largest absolute Gasteiger partial charge is 0.477 e. The van der Waals surface area contributed by atoms with Crippen LogP contribution in [0.5, 0.6) is 0 Å². The number of fused-ring (bicyclic) bond motifs is 1. The zero-order valence-corrected chi connectivity index (χ0v) is 13.5. The molecule has 3 aliphatic rings. The summed E-state index contributed by atoms with van der Waals surface area (Å²) < 4.78 is 0.603. The van der Waals surface area contributed by atoms with Crippen molar-refractivity contribution in [2.75, 3.05) is 13.1 Å². The molecule has 0 aliphatic carbocycles. The third-order valence-electron chi connectivity index (χ3n) is 4.07. The van der Waals surface area contributed by atoms with E-state index in [1.54, 1.807) is 11.8 Å². The molecule has 0 bridgehead atoms. The van der Waals surface area contributed by atoms with E-state index < -0.39 is 18.0 Å². The van der Waals surface area contributed by atoms with Crippen LogP contribution in [0.15, 0.2) is 9.93 Å². The van der Waals surface area contributed by atoms with Crippen molar-refractivity contribution in [1.29, 1.82) is 0 Å². The van der Waals surface area contributed by atoms with Gasteiger partial charge in [0.1, 0.15) is 5.37 Å². The molecule has 2 fully saturated rings. The standard InChI is InChI=1S/C13H16N2O5S2/c1-6(17)8-10(18)15-9(12(19)20)13(22-11(8)15)21-7-2-3-14(4-7)5-16/h5-8,11,17H,2-4H2,1H3,(H,19,20)/t6?,7?,8?,11-/m1/s1. The van der Waals surface area contributed by atoms with Crippen LogP contribution in [0.3, 0.4) is 0 Å². The van der Waals surface area contributed by atoms with Crippen molar-refractivity contribution in [3.05, 3.63) is 9.93 Å². The highest BCUT2D eigenvalue weighted by Gasteiger charge is 2.58. The number of nitrogens with zero attached hydrogens (tertiary/aromatic N) is 2. The number of β-lactam (4-membered cyclic amide) rings is 1. The molecule has 0 aromatic rings. The van der Waals surface area contributed by atoms with E-state index in [4.69, 9.17) is 0 Å². The summed E-state index contributed by atoms with van der Waals surface area (Å²) in [4.78, 5) is 37.3. The molecule has 0 spiro atoms. The zero-order valence-electron chi connectivity index (χ0n) is 11.8. The zero-order chi connectivity index (χ0) is 16.0. The Hall–Kier alpha value is -1.19. The maximum absolute atomic E-state index is 12.1. The molecule has 2 saturated heterocycles. The summed E-state index contributed by atoms with van der Waals surface area (Å²) >= 11 is 2.75. The molecule has 0 radical (unpaired) electrons. The second-order valence-corrected chi connectivity index (χ2v) is 8.25. The summed E-state index contributed by atoms with van der Waals surface area (Å²) in [7, 11) is 0. The van der Waals surface area contributed by atoms with Crippen LogP contribution in [0.1, 0.15) is 13.3 Å². The van der Waals surface area contributed by atoms with Crippen molar-refractivity contribution in [2.24, 2.45) is 5.92 Å². The molecule has 9 heteroatoms. The average Bonchev–Trinajstić information content (AvgIpc) is 3.01. The van der Waals surface area contributed by atoms with E-state index in [9.17, 15) is 24.6 Å². The van der Waals surface area contributed by atoms with Crippen molar-refractivity contribution in [3.8, 4) is 0 Å². The smallest absolute Gasteiger partial charge is 0.354 e. The van der Waals surface area contributed by atoms with Crippen molar-refractivity contribution in [2.45, 2.75) is 30.1 Å². The summed E-state index contributed by atoms with van der Waals surface area (Å²) in [5, 5.41) is 18.9. The number of carbonyl (C=O) groups is 3. The van der Waals surface area contributed by atoms with Gasteiger partial charge in [-0.25, -0.2) is 4.79 Å². The summed E-state index contributed by atoms with van der Waals surface area (Å²) in [5.41, 5.74) is 0.0199. The highest BCUT2D eigenvalue weighted by atomic mass is 32.2. The molecule has 2 amide bonds. The highest BCUT2D eigenvalue weighted by Crippen LogP contribution is 2.54. The lowest BCUT2D eigenvalue weighted by molar-refractivity contribution is -0.156. The predicted octanol–water partition coefficient (Wildman–Crippen LogP) is 0.116. The van der Waals surface area contributed by atoms with Gasteiger partial charge in [-0.05, 0) is 13.3 Å². The number of thioether (sulfide) groups is 2. The molecule has 3 unspecified atom stereocenters. The number of aliphatic hydroxyl groups excluding tert-OH is 1. The summed E-state index contributed by atoms with van der Waals surface area (Å²) in [6, 6.07) is 0. The van der Waals surface area contributed by atoms with Crippen LogP contribution < -0.4 is 0 Å². The first kappa shape index (κ1) is 15.7. The van der Waals surface area contributed by atoms with Crippen molar-refractivity contribution in [3.63, 3.8) is 0 Å². The fourth-order valence-electron chi connectivity index (χ4n) is 2.93. The molecule has 0 aromatic carbocycles. The van der Waals surface area contributed by atoms with Crippen LogP contribution in [0.25, 0.3) is 0 Å². The molecule has 120 valence electrons. The second kappa shape index (κ2) is 5.78. The summed E-state index contributed by atoms with van der Waals surface area (Å²) in [6.45, 7) is 2.80. The molecular formula is C13H16N2O5S2.